The van der Waals surface area contributed by atoms with Crippen molar-refractivity contribution in [2.24, 2.45) is 5.41 Å². The smallest absolute Gasteiger partial charge is 0.310 e. The van der Waals surface area contributed by atoms with Crippen LogP contribution >= 0.6 is 0 Å². The second-order valence-electron chi connectivity index (χ2n) is 5.85. The van der Waals surface area contributed by atoms with Crippen molar-refractivity contribution in [3.8, 4) is 0 Å². The van der Waals surface area contributed by atoms with E-state index in [2.05, 4.69) is 15.3 Å². The molecule has 0 atom stereocenters. The number of nitrogens with zero attached hydrogens (tertiary/aromatic N) is 1. The summed E-state index contributed by atoms with van der Waals surface area (Å²) in [5.74, 6) is -0.994. The second kappa shape index (κ2) is 7.24. The van der Waals surface area contributed by atoms with E-state index in [9.17, 15) is 14.7 Å². The first-order valence-corrected chi connectivity index (χ1v) is 7.60. The number of carbonyl (C=O) groups is 2. The van der Waals surface area contributed by atoms with Gasteiger partial charge in [0.15, 0.2) is 0 Å². The minimum absolute atomic E-state index is 0.0886. The van der Waals surface area contributed by atoms with Gasteiger partial charge >= 0.3 is 5.97 Å². The van der Waals surface area contributed by atoms with Gasteiger partial charge in [-0.1, -0.05) is 25.7 Å². The molecule has 21 heavy (non-hydrogen) atoms. The molecule has 1 aliphatic rings. The summed E-state index contributed by atoms with van der Waals surface area (Å²) in [6.45, 7) is 0.497. The highest BCUT2D eigenvalue weighted by molar-refractivity contribution is 5.85. The molecular formula is C15H23N3O3. The number of aliphatic carboxylic acids is 1. The number of aromatic amines is 1. The summed E-state index contributed by atoms with van der Waals surface area (Å²) in [7, 11) is 0. The van der Waals surface area contributed by atoms with Gasteiger partial charge in [-0.3, -0.25) is 9.59 Å². The van der Waals surface area contributed by atoms with E-state index in [0.717, 1.165) is 31.4 Å². The minimum Gasteiger partial charge on any atom is -0.481 e. The lowest BCUT2D eigenvalue weighted by atomic mass is 9.77. The van der Waals surface area contributed by atoms with Crippen LogP contribution in [0.5, 0.6) is 0 Å². The lowest BCUT2D eigenvalue weighted by Crippen LogP contribution is -2.38. The molecule has 1 fully saturated rings. The fraction of sp³-hybridized carbons (Fsp3) is 0.667. The van der Waals surface area contributed by atoms with E-state index in [4.69, 9.17) is 0 Å². The zero-order valence-electron chi connectivity index (χ0n) is 12.2. The molecule has 0 aliphatic heterocycles. The van der Waals surface area contributed by atoms with Crippen molar-refractivity contribution in [2.75, 3.05) is 6.54 Å². The number of imidazole rings is 1. The Balaban J connectivity index is 1.84. The first kappa shape index (κ1) is 15.5. The summed E-state index contributed by atoms with van der Waals surface area (Å²) in [4.78, 5) is 30.6. The van der Waals surface area contributed by atoms with E-state index in [1.54, 1.807) is 12.5 Å². The summed E-state index contributed by atoms with van der Waals surface area (Å²) in [6.07, 6.45) is 9.22. The highest BCUT2D eigenvalue weighted by atomic mass is 16.4. The minimum atomic E-state index is -0.866. The van der Waals surface area contributed by atoms with Gasteiger partial charge in [0.1, 0.15) is 0 Å². The molecule has 2 rings (SSSR count). The Bertz CT molecular complexity index is 463. The van der Waals surface area contributed by atoms with Crippen molar-refractivity contribution in [2.45, 2.75) is 51.4 Å². The number of hydrogen-bond acceptors (Lipinski definition) is 3. The predicted octanol–water partition coefficient (Wildman–Crippen LogP) is 1.88. The van der Waals surface area contributed by atoms with Crippen molar-refractivity contribution in [3.63, 3.8) is 0 Å². The fourth-order valence-corrected chi connectivity index (χ4v) is 3.00. The molecule has 6 nitrogen and oxygen atoms in total. The topological polar surface area (TPSA) is 95.1 Å². The largest absolute Gasteiger partial charge is 0.481 e. The van der Waals surface area contributed by atoms with Gasteiger partial charge in [-0.25, -0.2) is 4.98 Å². The number of hydrogen-bond donors (Lipinski definition) is 3. The summed E-state index contributed by atoms with van der Waals surface area (Å²) in [5, 5.41) is 12.4. The molecule has 1 amide bonds. The molecule has 1 aliphatic carbocycles. The van der Waals surface area contributed by atoms with Crippen molar-refractivity contribution >= 4 is 11.9 Å². The van der Waals surface area contributed by atoms with Crippen molar-refractivity contribution in [1.82, 2.24) is 15.3 Å². The highest BCUT2D eigenvalue weighted by Gasteiger charge is 2.40. The Morgan fingerprint density at radius 3 is 2.57 bits per heavy atom. The third-order valence-electron chi connectivity index (χ3n) is 4.28. The molecule has 3 N–H and O–H groups in total. The predicted molar refractivity (Wildman–Crippen MR) is 77.7 cm³/mol. The Morgan fingerprint density at radius 2 is 2.00 bits per heavy atom. The molecular weight excluding hydrogens is 270 g/mol. The van der Waals surface area contributed by atoms with E-state index in [-0.39, 0.29) is 12.3 Å². The van der Waals surface area contributed by atoms with E-state index in [1.165, 1.54) is 0 Å². The number of carbonyl (C=O) groups excluding carboxylic acids is 1. The van der Waals surface area contributed by atoms with Crippen LogP contribution in [0.2, 0.25) is 0 Å². The van der Waals surface area contributed by atoms with E-state index in [1.807, 2.05) is 0 Å². The van der Waals surface area contributed by atoms with Crippen molar-refractivity contribution in [3.05, 3.63) is 18.2 Å². The number of amides is 1. The molecule has 1 aromatic heterocycles. The number of nitrogens with one attached hydrogen (secondary N) is 2. The van der Waals surface area contributed by atoms with Crippen LogP contribution in [-0.4, -0.2) is 33.5 Å². The Morgan fingerprint density at radius 1 is 1.29 bits per heavy atom. The highest BCUT2D eigenvalue weighted by Crippen LogP contribution is 2.38. The van der Waals surface area contributed by atoms with Crippen LogP contribution in [0.3, 0.4) is 0 Å². The van der Waals surface area contributed by atoms with Gasteiger partial charge in [0.25, 0.3) is 0 Å². The maximum absolute atomic E-state index is 12.1. The van der Waals surface area contributed by atoms with E-state index in [0.29, 0.717) is 25.8 Å². The van der Waals surface area contributed by atoms with Gasteiger partial charge in [-0.2, -0.15) is 0 Å². The Kier molecular flexibility index (Phi) is 5.36. The van der Waals surface area contributed by atoms with Gasteiger partial charge in [0, 0.05) is 31.3 Å². The Hall–Kier alpha value is -1.85. The molecule has 0 saturated heterocycles. The summed E-state index contributed by atoms with van der Waals surface area (Å²) in [6, 6.07) is 0. The molecule has 0 aromatic carbocycles. The third kappa shape index (κ3) is 4.31. The van der Waals surface area contributed by atoms with Gasteiger partial charge in [0.05, 0.1) is 11.7 Å². The zero-order valence-corrected chi connectivity index (χ0v) is 12.2. The molecule has 1 aromatic rings. The average molecular weight is 293 g/mol. The van der Waals surface area contributed by atoms with Crippen LogP contribution in [0, 0.1) is 5.41 Å². The lowest BCUT2D eigenvalue weighted by Gasteiger charge is -2.27. The zero-order chi connectivity index (χ0) is 15.1. The van der Waals surface area contributed by atoms with Gasteiger partial charge < -0.3 is 15.4 Å². The van der Waals surface area contributed by atoms with Crippen LogP contribution in [0.1, 0.15) is 50.6 Å². The molecule has 1 heterocycles. The molecule has 0 radical (unpaired) electrons. The number of carboxylic acids is 1. The van der Waals surface area contributed by atoms with Crippen LogP contribution in [0.15, 0.2) is 12.5 Å². The van der Waals surface area contributed by atoms with Crippen molar-refractivity contribution < 1.29 is 14.7 Å². The van der Waals surface area contributed by atoms with E-state index < -0.39 is 11.4 Å². The first-order valence-electron chi connectivity index (χ1n) is 7.60. The number of rotatable bonds is 6. The maximum Gasteiger partial charge on any atom is 0.310 e. The second-order valence-corrected chi connectivity index (χ2v) is 5.85. The molecule has 0 unspecified atom stereocenters. The standard InChI is InChI=1S/C15H23N3O3/c19-13(17-8-5-12-10-16-11-18-12)9-15(14(20)21)6-3-1-2-4-7-15/h10-11H,1-9H2,(H,16,18)(H,17,19)(H,20,21). The van der Waals surface area contributed by atoms with Crippen LogP contribution < -0.4 is 5.32 Å². The quantitative estimate of drug-likeness (QED) is 0.698. The Labute approximate surface area is 124 Å². The summed E-state index contributed by atoms with van der Waals surface area (Å²) < 4.78 is 0. The van der Waals surface area contributed by atoms with Crippen LogP contribution in [0.25, 0.3) is 0 Å². The normalized spacial score (nSPS) is 17.9. The number of aromatic nitrogens is 2. The van der Waals surface area contributed by atoms with Gasteiger partial charge in [0.2, 0.25) is 5.91 Å². The van der Waals surface area contributed by atoms with Gasteiger partial charge in [-0.15, -0.1) is 0 Å². The molecule has 1 saturated carbocycles. The van der Waals surface area contributed by atoms with Crippen LogP contribution in [-0.2, 0) is 16.0 Å². The molecule has 6 heteroatoms. The SMILES string of the molecule is O=C(CC1(C(=O)O)CCCCCC1)NCCc1cnc[nH]1. The lowest BCUT2D eigenvalue weighted by molar-refractivity contribution is -0.152. The van der Waals surface area contributed by atoms with Gasteiger partial charge in [-0.05, 0) is 12.8 Å². The van der Waals surface area contributed by atoms with Crippen LogP contribution in [0.4, 0.5) is 0 Å². The molecule has 0 bridgehead atoms. The number of carboxylic acid groups (broad SMARTS) is 1. The number of H-pyrrole nitrogens is 1. The fourth-order valence-electron chi connectivity index (χ4n) is 3.00. The van der Waals surface area contributed by atoms with Crippen molar-refractivity contribution in [1.29, 1.82) is 0 Å². The maximum atomic E-state index is 12.1. The monoisotopic (exact) mass is 293 g/mol. The average Bonchev–Trinajstić information content (AvgIpc) is 2.84. The summed E-state index contributed by atoms with van der Waals surface area (Å²) >= 11 is 0. The first-order chi connectivity index (χ1) is 10.1. The third-order valence-corrected chi connectivity index (χ3v) is 4.28. The summed E-state index contributed by atoms with van der Waals surface area (Å²) in [5.41, 5.74) is 0.0897. The van der Waals surface area contributed by atoms with E-state index >= 15 is 0 Å². The molecule has 116 valence electrons. The molecule has 0 spiro atoms.